The van der Waals surface area contributed by atoms with E-state index in [1.54, 1.807) is 35.3 Å². The molecule has 1 aliphatic heterocycles. The molecule has 5 nitrogen and oxygen atoms in total. The number of amides is 1. The Morgan fingerprint density at radius 1 is 1.11 bits per heavy atom. The molecule has 0 atom stereocenters. The maximum atomic E-state index is 12.3. The van der Waals surface area contributed by atoms with Crippen LogP contribution >= 0.6 is 0 Å². The van der Waals surface area contributed by atoms with Gasteiger partial charge in [0.15, 0.2) is 0 Å². The first-order chi connectivity index (χ1) is 13.7. The van der Waals surface area contributed by atoms with E-state index in [0.29, 0.717) is 31.5 Å². The summed E-state index contributed by atoms with van der Waals surface area (Å²) in [6, 6.07) is 18.8. The number of rotatable bonds is 5. The second-order valence-electron chi connectivity index (χ2n) is 6.76. The minimum absolute atomic E-state index is 0.0380. The highest BCUT2D eigenvalue weighted by molar-refractivity contribution is 5.92. The molecule has 0 unspecified atom stereocenters. The Labute approximate surface area is 164 Å². The van der Waals surface area contributed by atoms with Gasteiger partial charge in [0.2, 0.25) is 5.91 Å². The Hall–Kier alpha value is -3.39. The van der Waals surface area contributed by atoms with Crippen LogP contribution in [0.15, 0.2) is 60.7 Å². The Morgan fingerprint density at radius 3 is 2.57 bits per heavy atom. The molecule has 142 valence electrons. The van der Waals surface area contributed by atoms with Crippen molar-refractivity contribution in [2.75, 3.05) is 13.1 Å². The lowest BCUT2D eigenvalue weighted by Crippen LogP contribution is -2.39. The van der Waals surface area contributed by atoms with Gasteiger partial charge < -0.3 is 9.64 Å². The van der Waals surface area contributed by atoms with Gasteiger partial charge in [-0.25, -0.2) is 0 Å². The van der Waals surface area contributed by atoms with E-state index in [1.165, 1.54) is 0 Å². The molecule has 0 aromatic heterocycles. The predicted octanol–water partition coefficient (Wildman–Crippen LogP) is 3.55. The minimum Gasteiger partial charge on any atom is -0.461 e. The van der Waals surface area contributed by atoms with Crippen LogP contribution < -0.4 is 0 Å². The van der Waals surface area contributed by atoms with E-state index < -0.39 is 0 Å². The van der Waals surface area contributed by atoms with Crippen molar-refractivity contribution in [3.8, 4) is 6.07 Å². The van der Waals surface area contributed by atoms with E-state index in [0.717, 1.165) is 11.1 Å². The molecule has 0 spiro atoms. The number of likely N-dealkylation sites (tertiary alicyclic amines) is 1. The highest BCUT2D eigenvalue weighted by atomic mass is 16.5. The number of hydrogen-bond donors (Lipinski definition) is 0. The van der Waals surface area contributed by atoms with Crippen LogP contribution in [-0.4, -0.2) is 29.9 Å². The molecule has 0 aliphatic carbocycles. The zero-order valence-corrected chi connectivity index (χ0v) is 15.6. The summed E-state index contributed by atoms with van der Waals surface area (Å²) >= 11 is 0. The molecule has 1 aliphatic rings. The fourth-order valence-electron chi connectivity index (χ4n) is 3.18. The largest absolute Gasteiger partial charge is 0.461 e. The van der Waals surface area contributed by atoms with Crippen LogP contribution in [0, 0.1) is 17.2 Å². The number of carbonyl (C=O) groups is 2. The molecule has 1 fully saturated rings. The van der Waals surface area contributed by atoms with Crippen LogP contribution in [-0.2, 0) is 20.9 Å². The van der Waals surface area contributed by atoms with Gasteiger partial charge in [0, 0.05) is 19.2 Å². The van der Waals surface area contributed by atoms with Crippen molar-refractivity contribution in [2.45, 2.75) is 19.4 Å². The van der Waals surface area contributed by atoms with Gasteiger partial charge in [0.25, 0.3) is 0 Å². The lowest BCUT2D eigenvalue weighted by molar-refractivity contribution is -0.152. The summed E-state index contributed by atoms with van der Waals surface area (Å²) in [6.45, 7) is 1.25. The lowest BCUT2D eigenvalue weighted by Gasteiger charge is -2.30. The summed E-state index contributed by atoms with van der Waals surface area (Å²) < 4.78 is 5.40. The van der Waals surface area contributed by atoms with Crippen molar-refractivity contribution in [2.24, 2.45) is 5.92 Å². The van der Waals surface area contributed by atoms with Crippen LogP contribution in [0.3, 0.4) is 0 Å². The number of piperidine rings is 1. The van der Waals surface area contributed by atoms with Crippen LogP contribution in [0.1, 0.15) is 29.5 Å². The van der Waals surface area contributed by atoms with Crippen LogP contribution in [0.5, 0.6) is 0 Å². The average Bonchev–Trinajstić information content (AvgIpc) is 2.76. The highest BCUT2D eigenvalue weighted by Crippen LogP contribution is 2.20. The molecule has 2 aromatic carbocycles. The van der Waals surface area contributed by atoms with Gasteiger partial charge >= 0.3 is 5.97 Å². The zero-order valence-electron chi connectivity index (χ0n) is 15.6. The summed E-state index contributed by atoms with van der Waals surface area (Å²) in [5.41, 5.74) is 2.32. The molecule has 0 saturated carbocycles. The molecular formula is C23H22N2O3. The van der Waals surface area contributed by atoms with E-state index in [1.807, 2.05) is 36.4 Å². The third-order valence-electron chi connectivity index (χ3n) is 4.80. The van der Waals surface area contributed by atoms with Crippen molar-refractivity contribution in [1.29, 1.82) is 5.26 Å². The van der Waals surface area contributed by atoms with Gasteiger partial charge in [-0.3, -0.25) is 9.59 Å². The number of hydrogen-bond acceptors (Lipinski definition) is 4. The van der Waals surface area contributed by atoms with E-state index in [2.05, 4.69) is 6.07 Å². The maximum absolute atomic E-state index is 12.3. The van der Waals surface area contributed by atoms with Crippen molar-refractivity contribution in [1.82, 2.24) is 4.90 Å². The van der Waals surface area contributed by atoms with E-state index in [4.69, 9.17) is 10.00 Å². The Kier molecular flexibility index (Phi) is 6.59. The SMILES string of the molecule is N#Cc1cccc(COC(=O)C2CCN(C(=O)/C=C/c3ccccc3)CC2)c1. The standard InChI is InChI=1S/C23H22N2O3/c24-16-19-7-4-8-20(15-19)17-28-23(27)21-11-13-25(14-12-21)22(26)10-9-18-5-2-1-3-6-18/h1-10,15,21H,11-14,17H2/b10-9+. The number of benzene rings is 2. The first-order valence-electron chi connectivity index (χ1n) is 9.33. The molecule has 28 heavy (non-hydrogen) atoms. The van der Waals surface area contributed by atoms with E-state index in [-0.39, 0.29) is 24.4 Å². The molecule has 1 saturated heterocycles. The van der Waals surface area contributed by atoms with Crippen LogP contribution in [0.2, 0.25) is 0 Å². The maximum Gasteiger partial charge on any atom is 0.309 e. The van der Waals surface area contributed by atoms with Gasteiger partial charge in [0.1, 0.15) is 6.61 Å². The number of ether oxygens (including phenoxy) is 1. The molecule has 1 amide bonds. The predicted molar refractivity (Wildman–Crippen MR) is 106 cm³/mol. The fraction of sp³-hybridized carbons (Fsp3) is 0.261. The summed E-state index contributed by atoms with van der Waals surface area (Å²) in [6.07, 6.45) is 4.58. The van der Waals surface area contributed by atoms with Gasteiger partial charge in [-0.15, -0.1) is 0 Å². The van der Waals surface area contributed by atoms with Crippen molar-refractivity contribution in [3.63, 3.8) is 0 Å². The summed E-state index contributed by atoms with van der Waals surface area (Å²) in [5, 5.41) is 8.92. The lowest BCUT2D eigenvalue weighted by atomic mass is 9.97. The van der Waals surface area contributed by atoms with E-state index >= 15 is 0 Å². The monoisotopic (exact) mass is 374 g/mol. The Bertz CT molecular complexity index is 892. The number of nitrogens with zero attached hydrogens (tertiary/aromatic N) is 2. The Morgan fingerprint density at radius 2 is 1.86 bits per heavy atom. The molecule has 0 bridgehead atoms. The summed E-state index contributed by atoms with van der Waals surface area (Å²) in [4.78, 5) is 26.4. The topological polar surface area (TPSA) is 70.4 Å². The van der Waals surface area contributed by atoms with Crippen LogP contribution in [0.4, 0.5) is 0 Å². The van der Waals surface area contributed by atoms with Gasteiger partial charge in [-0.05, 0) is 42.2 Å². The molecule has 3 rings (SSSR count). The number of esters is 1. The number of carbonyl (C=O) groups excluding carboxylic acids is 2. The number of nitriles is 1. The van der Waals surface area contributed by atoms with Gasteiger partial charge in [-0.2, -0.15) is 5.26 Å². The normalized spacial score (nSPS) is 14.6. The molecule has 5 heteroatoms. The van der Waals surface area contributed by atoms with Gasteiger partial charge in [-0.1, -0.05) is 42.5 Å². The van der Waals surface area contributed by atoms with Gasteiger partial charge in [0.05, 0.1) is 17.6 Å². The quantitative estimate of drug-likeness (QED) is 0.593. The molecule has 2 aromatic rings. The first kappa shape index (κ1) is 19.4. The van der Waals surface area contributed by atoms with Crippen LogP contribution in [0.25, 0.3) is 6.08 Å². The summed E-state index contributed by atoms with van der Waals surface area (Å²) in [5.74, 6) is -0.473. The van der Waals surface area contributed by atoms with Crippen molar-refractivity contribution >= 4 is 18.0 Å². The minimum atomic E-state index is -0.241. The molecule has 0 radical (unpaired) electrons. The fourth-order valence-corrected chi connectivity index (χ4v) is 3.18. The first-order valence-corrected chi connectivity index (χ1v) is 9.33. The van der Waals surface area contributed by atoms with Crippen molar-refractivity contribution < 1.29 is 14.3 Å². The second kappa shape index (κ2) is 9.52. The molecular weight excluding hydrogens is 352 g/mol. The zero-order chi connectivity index (χ0) is 19.8. The molecule has 1 heterocycles. The third kappa shape index (κ3) is 5.31. The molecule has 0 N–H and O–H groups in total. The third-order valence-corrected chi connectivity index (χ3v) is 4.80. The van der Waals surface area contributed by atoms with Crippen molar-refractivity contribution in [3.05, 3.63) is 77.4 Å². The smallest absolute Gasteiger partial charge is 0.309 e. The second-order valence-corrected chi connectivity index (χ2v) is 6.76. The average molecular weight is 374 g/mol. The summed E-state index contributed by atoms with van der Waals surface area (Å²) in [7, 11) is 0. The highest BCUT2D eigenvalue weighted by Gasteiger charge is 2.27. The van der Waals surface area contributed by atoms with E-state index in [9.17, 15) is 9.59 Å². The Balaban J connectivity index is 1.45.